The molecule has 72 heavy (non-hydrogen) atoms. The van der Waals surface area contributed by atoms with Crippen molar-refractivity contribution in [3.63, 3.8) is 0 Å². The summed E-state index contributed by atoms with van der Waals surface area (Å²) >= 11 is 0. The summed E-state index contributed by atoms with van der Waals surface area (Å²) in [6.45, 7) is 35.3. The number of fused-ring (bicyclic) bond motifs is 8. The molecule has 0 bridgehead atoms. The lowest BCUT2D eigenvalue weighted by Gasteiger charge is -2.21. The van der Waals surface area contributed by atoms with Crippen molar-refractivity contribution >= 4 is 70.8 Å². The molecular formula is C68H62N4. The highest BCUT2D eigenvalue weighted by Gasteiger charge is 2.25. The van der Waals surface area contributed by atoms with Gasteiger partial charge in [-0.3, -0.25) is 0 Å². The summed E-state index contributed by atoms with van der Waals surface area (Å²) in [6.07, 6.45) is 0. The first-order valence-electron chi connectivity index (χ1n) is 25.3. The molecule has 2 heterocycles. The topological polar surface area (TPSA) is 38.0 Å². The van der Waals surface area contributed by atoms with Crippen LogP contribution in [0.4, 0.5) is 5.69 Å². The van der Waals surface area contributed by atoms with E-state index in [9.17, 15) is 5.26 Å². The van der Waals surface area contributed by atoms with Gasteiger partial charge < -0.3 is 9.13 Å². The Bertz CT molecular complexity index is 3700. The predicted octanol–water partition coefficient (Wildman–Crippen LogP) is 19.1. The first-order valence-corrected chi connectivity index (χ1v) is 25.3. The van der Waals surface area contributed by atoms with Gasteiger partial charge in [0.05, 0.1) is 40.3 Å². The van der Waals surface area contributed by atoms with E-state index in [0.717, 1.165) is 55.2 Å². The highest BCUT2D eigenvalue weighted by Crippen LogP contribution is 2.48. The number of hydrogen-bond donors (Lipinski definition) is 0. The van der Waals surface area contributed by atoms with Crippen LogP contribution in [0.1, 0.15) is 111 Å². The zero-order valence-electron chi connectivity index (χ0n) is 43.8. The fraction of sp³-hybridized carbons (Fsp3) is 0.235. The molecule has 354 valence electrons. The van der Waals surface area contributed by atoms with E-state index < -0.39 is 0 Å². The number of hydrogen-bond acceptors (Lipinski definition) is 1. The smallest absolute Gasteiger partial charge is 0.187 e. The highest BCUT2D eigenvalue weighted by molar-refractivity contribution is 6.23. The van der Waals surface area contributed by atoms with E-state index in [-0.39, 0.29) is 21.7 Å². The summed E-state index contributed by atoms with van der Waals surface area (Å²) in [4.78, 5) is 3.79. The number of aromatic nitrogens is 2. The Labute approximate surface area is 424 Å². The van der Waals surface area contributed by atoms with Gasteiger partial charge in [0.1, 0.15) is 0 Å². The molecule has 0 N–H and O–H groups in total. The molecule has 11 rings (SSSR count). The Morgan fingerprint density at radius 2 is 0.681 bits per heavy atom. The van der Waals surface area contributed by atoms with Crippen LogP contribution in [-0.4, -0.2) is 9.13 Å². The maximum Gasteiger partial charge on any atom is 0.187 e. The zero-order chi connectivity index (χ0) is 50.8. The van der Waals surface area contributed by atoms with E-state index >= 15 is 0 Å². The Balaban J connectivity index is 1.25. The van der Waals surface area contributed by atoms with Crippen LogP contribution >= 0.6 is 0 Å². The normalized spacial score (nSPS) is 12.7. The molecule has 0 unspecified atom stereocenters. The summed E-state index contributed by atoms with van der Waals surface area (Å²) in [7, 11) is 0. The van der Waals surface area contributed by atoms with Gasteiger partial charge in [0.2, 0.25) is 0 Å². The van der Waals surface area contributed by atoms with Gasteiger partial charge in [-0.05, 0) is 173 Å². The van der Waals surface area contributed by atoms with Gasteiger partial charge >= 0.3 is 0 Å². The van der Waals surface area contributed by atoms with E-state index in [1.165, 1.54) is 65.9 Å². The highest BCUT2D eigenvalue weighted by atomic mass is 15.0. The van der Waals surface area contributed by atoms with Crippen molar-refractivity contribution in [3.05, 3.63) is 197 Å². The molecule has 0 saturated carbocycles. The Morgan fingerprint density at radius 1 is 0.361 bits per heavy atom. The summed E-state index contributed by atoms with van der Waals surface area (Å²) in [5.41, 5.74) is 17.5. The lowest BCUT2D eigenvalue weighted by molar-refractivity contribution is 0.590. The van der Waals surface area contributed by atoms with Crippen molar-refractivity contribution in [2.45, 2.75) is 105 Å². The van der Waals surface area contributed by atoms with Crippen molar-refractivity contribution in [3.8, 4) is 39.7 Å². The molecule has 0 spiro atoms. The number of nitrogens with zero attached hydrogens (tertiary/aromatic N) is 4. The van der Waals surface area contributed by atoms with Gasteiger partial charge in [0, 0.05) is 32.9 Å². The molecular weight excluding hydrogens is 873 g/mol. The van der Waals surface area contributed by atoms with Crippen molar-refractivity contribution in [2.75, 3.05) is 0 Å². The molecule has 11 aromatic rings. The first kappa shape index (κ1) is 46.5. The lowest BCUT2D eigenvalue weighted by atomic mass is 9.85. The molecule has 0 amide bonds. The quantitative estimate of drug-likeness (QED) is 0.128. The Kier molecular flexibility index (Phi) is 10.5. The van der Waals surface area contributed by atoms with Crippen LogP contribution < -0.4 is 0 Å². The maximum absolute atomic E-state index is 9.99. The zero-order valence-corrected chi connectivity index (χ0v) is 43.8. The second kappa shape index (κ2) is 16.3. The number of benzene rings is 9. The van der Waals surface area contributed by atoms with Crippen LogP contribution in [0.15, 0.2) is 158 Å². The Hall–Kier alpha value is -7.92. The fourth-order valence-electron chi connectivity index (χ4n) is 11.0. The average Bonchev–Trinajstić information content (AvgIpc) is 3.86. The molecule has 2 aromatic heterocycles. The standard InChI is InChI=1S/C68H62N4/c1-65(2,3)44-20-30-59-53(34-44)54-35-45(66(4,5)6)21-31-60(54)71(59)49-27-29-52-57(38-49)63(42-16-14-41(40-69)15-17-42)51-28-26-50(39-58(51)64(52)43-18-24-48(70-13)25-19-43)72-61-32-22-46(67(7,8)9)36-55(61)56-37-47(68(10,11)12)23-33-62(56)72/h14-39H,1-12H3. The fourth-order valence-corrected chi connectivity index (χ4v) is 11.0. The van der Waals surface area contributed by atoms with Crippen molar-refractivity contribution < 1.29 is 0 Å². The average molecular weight is 935 g/mol. The van der Waals surface area contributed by atoms with Crippen LogP contribution in [0.2, 0.25) is 0 Å². The predicted molar refractivity (Wildman–Crippen MR) is 307 cm³/mol. The summed E-state index contributed by atoms with van der Waals surface area (Å²) in [5, 5.41) is 19.4. The molecule has 0 saturated heterocycles. The molecule has 0 aliphatic heterocycles. The number of nitriles is 1. The molecule has 0 atom stereocenters. The van der Waals surface area contributed by atoms with Gasteiger partial charge in [-0.25, -0.2) is 4.85 Å². The molecule has 0 aliphatic rings. The third kappa shape index (κ3) is 7.64. The van der Waals surface area contributed by atoms with Gasteiger partial charge in [-0.1, -0.05) is 156 Å². The number of rotatable bonds is 4. The van der Waals surface area contributed by atoms with Crippen LogP contribution in [0.3, 0.4) is 0 Å². The minimum Gasteiger partial charge on any atom is -0.309 e. The minimum atomic E-state index is -0.0133. The molecule has 4 nitrogen and oxygen atoms in total. The SMILES string of the molecule is [C-]#[N+]c1ccc(-c2c3ccc(-n4c5ccc(C(C)(C)C)cc5c5cc(C(C)(C)C)ccc54)cc3c(-c3ccc(C#N)cc3)c3ccc(-n4c5ccc(C(C)(C)C)cc5c5cc(C(C)(C)C)ccc54)cc23)cc1. The molecule has 9 aromatic carbocycles. The van der Waals surface area contributed by atoms with Crippen LogP contribution in [0, 0.1) is 17.9 Å². The largest absolute Gasteiger partial charge is 0.309 e. The van der Waals surface area contributed by atoms with Crippen LogP contribution in [-0.2, 0) is 21.7 Å². The van der Waals surface area contributed by atoms with E-state index in [1.54, 1.807) is 0 Å². The summed E-state index contributed by atoms with van der Waals surface area (Å²) < 4.78 is 4.89. The van der Waals surface area contributed by atoms with Gasteiger partial charge in [0.25, 0.3) is 0 Å². The van der Waals surface area contributed by atoms with Crippen molar-refractivity contribution in [2.24, 2.45) is 0 Å². The van der Waals surface area contributed by atoms with Gasteiger partial charge in [-0.2, -0.15) is 5.26 Å². The summed E-state index contributed by atoms with van der Waals surface area (Å²) in [6, 6.07) is 60.6. The lowest BCUT2D eigenvalue weighted by Crippen LogP contribution is -2.10. The van der Waals surface area contributed by atoms with Crippen molar-refractivity contribution in [1.29, 1.82) is 5.26 Å². The first-order chi connectivity index (χ1) is 34.1. The Morgan fingerprint density at radius 3 is 0.972 bits per heavy atom. The summed E-state index contributed by atoms with van der Waals surface area (Å²) in [5.74, 6) is 0. The van der Waals surface area contributed by atoms with E-state index in [4.69, 9.17) is 6.57 Å². The molecule has 0 radical (unpaired) electrons. The van der Waals surface area contributed by atoms with E-state index in [1.807, 2.05) is 24.3 Å². The minimum absolute atomic E-state index is 0.0131. The second-order valence-electron chi connectivity index (χ2n) is 24.2. The van der Waals surface area contributed by atoms with Crippen LogP contribution in [0.25, 0.3) is 104 Å². The molecule has 0 aliphatic carbocycles. The van der Waals surface area contributed by atoms with Gasteiger partial charge in [0.15, 0.2) is 5.69 Å². The van der Waals surface area contributed by atoms with E-state index in [0.29, 0.717) is 11.3 Å². The molecule has 4 heteroatoms. The third-order valence-electron chi connectivity index (χ3n) is 15.2. The van der Waals surface area contributed by atoms with Crippen LogP contribution in [0.5, 0.6) is 0 Å². The monoisotopic (exact) mass is 934 g/mol. The van der Waals surface area contributed by atoms with Crippen molar-refractivity contribution in [1.82, 2.24) is 9.13 Å². The maximum atomic E-state index is 9.99. The molecule has 0 fully saturated rings. The van der Waals surface area contributed by atoms with E-state index in [2.05, 4.69) is 237 Å². The third-order valence-corrected chi connectivity index (χ3v) is 15.2. The van der Waals surface area contributed by atoms with Gasteiger partial charge in [-0.15, -0.1) is 0 Å². The second-order valence-corrected chi connectivity index (χ2v) is 24.2.